The molecule has 0 heterocycles. The highest BCUT2D eigenvalue weighted by molar-refractivity contribution is 5.75. The van der Waals surface area contributed by atoms with Crippen molar-refractivity contribution in [2.45, 2.75) is 19.4 Å². The Balaban J connectivity index is 4.32. The van der Waals surface area contributed by atoms with E-state index in [1.807, 2.05) is 6.92 Å². The first-order chi connectivity index (χ1) is 9.19. The van der Waals surface area contributed by atoms with E-state index < -0.39 is 0 Å². The Kier molecular flexibility index (Phi) is 11.9. The van der Waals surface area contributed by atoms with Gasteiger partial charge in [-0.15, -0.1) is 0 Å². The normalized spacial score (nSPS) is 12.7. The Hall–Kier alpha value is -0.690. The van der Waals surface area contributed by atoms with E-state index in [9.17, 15) is 4.79 Å². The first-order valence-electron chi connectivity index (χ1n) is 6.71. The second-order valence-electron chi connectivity index (χ2n) is 4.27. The third kappa shape index (κ3) is 8.93. The lowest BCUT2D eigenvalue weighted by atomic mass is 10.2. The van der Waals surface area contributed by atoms with Crippen molar-refractivity contribution >= 4 is 5.97 Å². The predicted molar refractivity (Wildman–Crippen MR) is 74.3 cm³/mol. The molecule has 0 fully saturated rings. The van der Waals surface area contributed by atoms with Gasteiger partial charge in [-0.3, -0.25) is 9.69 Å². The van der Waals surface area contributed by atoms with E-state index in [1.54, 1.807) is 14.2 Å². The van der Waals surface area contributed by atoms with Crippen LogP contribution >= 0.6 is 0 Å². The molecule has 0 bridgehead atoms. The third-order valence-electron chi connectivity index (χ3n) is 2.81. The summed E-state index contributed by atoms with van der Waals surface area (Å²) in [6.45, 7) is 6.35. The summed E-state index contributed by atoms with van der Waals surface area (Å²) >= 11 is 0. The second-order valence-corrected chi connectivity index (χ2v) is 4.27. The van der Waals surface area contributed by atoms with Gasteiger partial charge in [-0.05, 0) is 13.0 Å². The Bertz CT molecular complexity index is 227. The Labute approximate surface area is 116 Å². The first kappa shape index (κ1) is 18.3. The lowest BCUT2D eigenvalue weighted by molar-refractivity contribution is -0.143. The van der Waals surface area contributed by atoms with Crippen molar-refractivity contribution < 1.29 is 19.0 Å². The molecule has 0 aromatic carbocycles. The van der Waals surface area contributed by atoms with Crippen LogP contribution in [0.1, 0.15) is 13.3 Å². The number of esters is 1. The zero-order valence-electron chi connectivity index (χ0n) is 12.6. The van der Waals surface area contributed by atoms with Crippen molar-refractivity contribution in [2.75, 3.05) is 60.7 Å². The number of methoxy groups -OCH3 is 3. The smallest absolute Gasteiger partial charge is 0.324 e. The van der Waals surface area contributed by atoms with Crippen LogP contribution in [0.2, 0.25) is 0 Å². The molecule has 0 saturated heterocycles. The fourth-order valence-corrected chi connectivity index (χ4v) is 1.82. The summed E-state index contributed by atoms with van der Waals surface area (Å²) < 4.78 is 15.0. The van der Waals surface area contributed by atoms with E-state index in [1.165, 1.54) is 7.11 Å². The molecule has 0 spiro atoms. The molecule has 0 saturated carbocycles. The van der Waals surface area contributed by atoms with Crippen molar-refractivity contribution in [3.8, 4) is 0 Å². The zero-order chi connectivity index (χ0) is 14.5. The van der Waals surface area contributed by atoms with Crippen LogP contribution in [0.3, 0.4) is 0 Å². The van der Waals surface area contributed by atoms with E-state index in [-0.39, 0.29) is 12.0 Å². The Morgan fingerprint density at radius 2 is 1.84 bits per heavy atom. The predicted octanol–water partition coefficient (Wildman–Crippen LogP) is 0.122. The van der Waals surface area contributed by atoms with Gasteiger partial charge in [0, 0.05) is 40.5 Å². The maximum Gasteiger partial charge on any atom is 0.324 e. The summed E-state index contributed by atoms with van der Waals surface area (Å²) in [5, 5.41) is 3.14. The van der Waals surface area contributed by atoms with E-state index >= 15 is 0 Å². The molecule has 0 rings (SSSR count). The molecule has 0 aliphatic heterocycles. The monoisotopic (exact) mass is 276 g/mol. The molecule has 1 atom stereocenters. The van der Waals surface area contributed by atoms with Gasteiger partial charge in [0.15, 0.2) is 0 Å². The van der Waals surface area contributed by atoms with Crippen molar-refractivity contribution in [2.24, 2.45) is 0 Å². The van der Waals surface area contributed by atoms with Gasteiger partial charge in [0.1, 0.15) is 6.04 Å². The molecule has 0 amide bonds. The summed E-state index contributed by atoms with van der Waals surface area (Å²) in [6, 6.07) is -0.297. The number of likely N-dealkylation sites (N-methyl/N-ethyl adjacent to an activating group) is 1. The number of carbonyl (C=O) groups is 1. The number of hydrogen-bond donors (Lipinski definition) is 1. The topological polar surface area (TPSA) is 60.0 Å². The number of nitrogens with one attached hydrogen (secondary N) is 1. The first-order valence-corrected chi connectivity index (χ1v) is 6.71. The number of carbonyl (C=O) groups excluding carboxylic acids is 1. The molecule has 1 N–H and O–H groups in total. The molecular formula is C13H28N2O4. The Morgan fingerprint density at radius 1 is 1.16 bits per heavy atom. The molecule has 0 radical (unpaired) electrons. The fraction of sp³-hybridized carbons (Fsp3) is 0.923. The summed E-state index contributed by atoms with van der Waals surface area (Å²) in [7, 11) is 4.78. The average Bonchev–Trinajstić information content (AvgIpc) is 2.43. The minimum absolute atomic E-state index is 0.226. The van der Waals surface area contributed by atoms with Crippen LogP contribution in [0.4, 0.5) is 0 Å². The van der Waals surface area contributed by atoms with Gasteiger partial charge in [-0.2, -0.15) is 0 Å². The highest BCUT2D eigenvalue weighted by atomic mass is 16.5. The van der Waals surface area contributed by atoms with Crippen LogP contribution < -0.4 is 5.32 Å². The SMILES string of the molecule is CCNC(CN(CCCOC)CCOC)C(=O)OC. The minimum atomic E-state index is -0.297. The summed E-state index contributed by atoms with van der Waals surface area (Å²) in [5.74, 6) is -0.226. The van der Waals surface area contributed by atoms with Crippen LogP contribution in [-0.2, 0) is 19.0 Å². The van der Waals surface area contributed by atoms with E-state index in [0.29, 0.717) is 19.8 Å². The second kappa shape index (κ2) is 12.3. The largest absolute Gasteiger partial charge is 0.468 e. The number of nitrogens with zero attached hydrogens (tertiary/aromatic N) is 1. The maximum absolute atomic E-state index is 11.7. The molecule has 6 nitrogen and oxygen atoms in total. The van der Waals surface area contributed by atoms with Crippen molar-refractivity contribution in [3.05, 3.63) is 0 Å². The van der Waals surface area contributed by atoms with Crippen LogP contribution in [-0.4, -0.2) is 77.6 Å². The van der Waals surface area contributed by atoms with Crippen molar-refractivity contribution in [1.82, 2.24) is 10.2 Å². The molecule has 19 heavy (non-hydrogen) atoms. The van der Waals surface area contributed by atoms with Gasteiger partial charge >= 0.3 is 5.97 Å². The van der Waals surface area contributed by atoms with Gasteiger partial charge in [-0.1, -0.05) is 6.92 Å². The van der Waals surface area contributed by atoms with Gasteiger partial charge in [0.2, 0.25) is 0 Å². The van der Waals surface area contributed by atoms with Gasteiger partial charge in [-0.25, -0.2) is 0 Å². The van der Waals surface area contributed by atoms with Crippen LogP contribution in [0, 0.1) is 0 Å². The van der Waals surface area contributed by atoms with Crippen LogP contribution in [0.5, 0.6) is 0 Å². The number of hydrogen-bond acceptors (Lipinski definition) is 6. The lowest BCUT2D eigenvalue weighted by Crippen LogP contribution is -2.47. The maximum atomic E-state index is 11.7. The van der Waals surface area contributed by atoms with E-state index in [4.69, 9.17) is 14.2 Å². The quantitative estimate of drug-likeness (QED) is 0.404. The summed E-state index contributed by atoms with van der Waals surface area (Å²) in [4.78, 5) is 13.9. The zero-order valence-corrected chi connectivity index (χ0v) is 12.6. The highest BCUT2D eigenvalue weighted by Gasteiger charge is 2.21. The minimum Gasteiger partial charge on any atom is -0.468 e. The third-order valence-corrected chi connectivity index (χ3v) is 2.81. The molecule has 114 valence electrons. The summed E-state index contributed by atoms with van der Waals surface area (Å²) in [5.41, 5.74) is 0. The molecule has 1 unspecified atom stereocenters. The van der Waals surface area contributed by atoms with Gasteiger partial charge in [0.25, 0.3) is 0 Å². The van der Waals surface area contributed by atoms with Gasteiger partial charge in [0.05, 0.1) is 13.7 Å². The standard InChI is InChI=1S/C13H28N2O4/c1-5-14-12(13(16)19-4)11-15(8-10-18-3)7-6-9-17-2/h12,14H,5-11H2,1-4H3. The van der Waals surface area contributed by atoms with Crippen molar-refractivity contribution in [3.63, 3.8) is 0 Å². The summed E-state index contributed by atoms with van der Waals surface area (Å²) in [6.07, 6.45) is 0.931. The fourth-order valence-electron chi connectivity index (χ4n) is 1.82. The highest BCUT2D eigenvalue weighted by Crippen LogP contribution is 1.98. The molecule has 0 aliphatic rings. The van der Waals surface area contributed by atoms with Crippen LogP contribution in [0.15, 0.2) is 0 Å². The lowest BCUT2D eigenvalue weighted by Gasteiger charge is -2.26. The molecule has 0 aliphatic carbocycles. The average molecular weight is 276 g/mol. The molecule has 6 heteroatoms. The Morgan fingerprint density at radius 3 is 2.37 bits per heavy atom. The number of ether oxygens (including phenoxy) is 3. The number of rotatable bonds is 12. The van der Waals surface area contributed by atoms with Crippen molar-refractivity contribution in [1.29, 1.82) is 0 Å². The molecule has 0 aromatic heterocycles. The molecular weight excluding hydrogens is 248 g/mol. The van der Waals surface area contributed by atoms with Crippen LogP contribution in [0.25, 0.3) is 0 Å². The molecule has 0 aromatic rings. The van der Waals surface area contributed by atoms with E-state index in [2.05, 4.69) is 10.2 Å². The van der Waals surface area contributed by atoms with E-state index in [0.717, 1.165) is 26.1 Å². The van der Waals surface area contributed by atoms with Gasteiger partial charge < -0.3 is 19.5 Å².